The third kappa shape index (κ3) is 4.87. The molecule has 0 saturated carbocycles. The van der Waals surface area contributed by atoms with Gasteiger partial charge in [0.1, 0.15) is 0 Å². The third-order valence-corrected chi connectivity index (χ3v) is 3.59. The molecule has 0 radical (unpaired) electrons. The highest BCUT2D eigenvalue weighted by Crippen LogP contribution is 2.34. The van der Waals surface area contributed by atoms with Gasteiger partial charge in [-0.3, -0.25) is 9.59 Å². The fourth-order valence-corrected chi connectivity index (χ4v) is 2.14. The average Bonchev–Trinajstić information content (AvgIpc) is 2.34. The molecular formula is C13H19F3O5. The number of carboxylic acids is 1. The van der Waals surface area contributed by atoms with Gasteiger partial charge in [0.15, 0.2) is 0 Å². The molecule has 0 bridgehead atoms. The number of aliphatic carboxylic acids is 1. The Morgan fingerprint density at radius 3 is 2.24 bits per heavy atom. The van der Waals surface area contributed by atoms with E-state index in [1.54, 1.807) is 0 Å². The summed E-state index contributed by atoms with van der Waals surface area (Å²) in [5, 5.41) is 9.16. The van der Waals surface area contributed by atoms with Crippen molar-refractivity contribution in [3.63, 3.8) is 0 Å². The van der Waals surface area contributed by atoms with E-state index in [0.717, 1.165) is 13.8 Å². The normalized spacial score (nSPS) is 19.1. The summed E-state index contributed by atoms with van der Waals surface area (Å²) < 4.78 is 47.4. The maximum absolute atomic E-state index is 12.6. The predicted molar refractivity (Wildman–Crippen MR) is 65.5 cm³/mol. The number of carbonyl (C=O) groups is 2. The van der Waals surface area contributed by atoms with Gasteiger partial charge in [0, 0.05) is 13.2 Å². The summed E-state index contributed by atoms with van der Waals surface area (Å²) >= 11 is 0. The largest absolute Gasteiger partial charge is 0.481 e. The molecule has 1 saturated heterocycles. The molecule has 122 valence electrons. The van der Waals surface area contributed by atoms with Crippen molar-refractivity contribution in [1.29, 1.82) is 0 Å². The van der Waals surface area contributed by atoms with E-state index >= 15 is 0 Å². The molecule has 8 heteroatoms. The van der Waals surface area contributed by atoms with Crippen LogP contribution in [0.5, 0.6) is 0 Å². The van der Waals surface area contributed by atoms with Gasteiger partial charge in [-0.05, 0) is 32.6 Å². The number of hydrogen-bond acceptors (Lipinski definition) is 4. The Hall–Kier alpha value is -1.31. The van der Waals surface area contributed by atoms with Crippen LogP contribution in [0.4, 0.5) is 13.2 Å². The second kappa shape index (κ2) is 6.64. The highest BCUT2D eigenvalue weighted by atomic mass is 19.4. The standard InChI is InChI=1S/C13H19F3O5/c1-12(2,13(14,15)16)21-10(17)7-9(11(18)19)8-3-5-20-6-4-8/h8-9H,3-7H2,1-2H3,(H,18,19)/t9-/m0/s1. The highest BCUT2D eigenvalue weighted by Gasteiger charge is 2.51. The topological polar surface area (TPSA) is 72.8 Å². The van der Waals surface area contributed by atoms with Gasteiger partial charge in [-0.15, -0.1) is 0 Å². The van der Waals surface area contributed by atoms with Crippen LogP contribution in [0, 0.1) is 11.8 Å². The monoisotopic (exact) mass is 312 g/mol. The fraction of sp³-hybridized carbons (Fsp3) is 0.846. The number of halogens is 3. The van der Waals surface area contributed by atoms with Gasteiger partial charge >= 0.3 is 18.1 Å². The van der Waals surface area contributed by atoms with E-state index in [4.69, 9.17) is 9.84 Å². The minimum atomic E-state index is -4.71. The van der Waals surface area contributed by atoms with Crippen molar-refractivity contribution in [1.82, 2.24) is 0 Å². The summed E-state index contributed by atoms with van der Waals surface area (Å²) in [7, 11) is 0. The van der Waals surface area contributed by atoms with Gasteiger partial charge in [0.2, 0.25) is 5.60 Å². The van der Waals surface area contributed by atoms with E-state index in [-0.39, 0.29) is 5.92 Å². The number of alkyl halides is 3. The van der Waals surface area contributed by atoms with E-state index in [2.05, 4.69) is 4.74 Å². The van der Waals surface area contributed by atoms with Gasteiger partial charge < -0.3 is 14.6 Å². The Bertz CT molecular complexity index is 386. The van der Waals surface area contributed by atoms with Crippen molar-refractivity contribution in [3.8, 4) is 0 Å². The van der Waals surface area contributed by atoms with Gasteiger partial charge in [-0.1, -0.05) is 0 Å². The lowest BCUT2D eigenvalue weighted by atomic mass is 9.84. The lowest BCUT2D eigenvalue weighted by Gasteiger charge is -2.30. The molecule has 0 aromatic carbocycles. The van der Waals surface area contributed by atoms with Crippen LogP contribution >= 0.6 is 0 Å². The molecule has 21 heavy (non-hydrogen) atoms. The maximum atomic E-state index is 12.6. The summed E-state index contributed by atoms with van der Waals surface area (Å²) in [4.78, 5) is 22.9. The molecule has 1 rings (SSSR count). The van der Waals surface area contributed by atoms with Gasteiger partial charge in [-0.25, -0.2) is 0 Å². The van der Waals surface area contributed by atoms with E-state index in [1.165, 1.54) is 0 Å². The average molecular weight is 312 g/mol. The van der Waals surface area contributed by atoms with Gasteiger partial charge in [0.25, 0.3) is 0 Å². The SMILES string of the molecule is CC(C)(OC(=O)C[C@H](C(=O)O)C1CCOCC1)C(F)(F)F. The predicted octanol–water partition coefficient (Wildman–Crippen LogP) is 2.39. The first-order chi connectivity index (χ1) is 9.54. The molecule has 0 aliphatic carbocycles. The van der Waals surface area contributed by atoms with Crippen LogP contribution in [0.25, 0.3) is 0 Å². The van der Waals surface area contributed by atoms with Crippen molar-refractivity contribution in [2.75, 3.05) is 13.2 Å². The van der Waals surface area contributed by atoms with Gasteiger partial charge in [0.05, 0.1) is 12.3 Å². The van der Waals surface area contributed by atoms with Crippen LogP contribution in [-0.2, 0) is 19.1 Å². The lowest BCUT2D eigenvalue weighted by molar-refractivity contribution is -0.257. The summed E-state index contributed by atoms with van der Waals surface area (Å²) in [5.41, 5.74) is -2.64. The summed E-state index contributed by atoms with van der Waals surface area (Å²) in [6.07, 6.45) is -4.35. The van der Waals surface area contributed by atoms with Crippen LogP contribution in [0.1, 0.15) is 33.1 Å². The van der Waals surface area contributed by atoms with E-state index in [1.807, 2.05) is 0 Å². The number of carboxylic acid groups (broad SMARTS) is 1. The van der Waals surface area contributed by atoms with Crippen molar-refractivity contribution in [3.05, 3.63) is 0 Å². The second-order valence-corrected chi connectivity index (χ2v) is 5.58. The molecule has 1 heterocycles. The molecule has 0 aromatic rings. The van der Waals surface area contributed by atoms with Gasteiger partial charge in [-0.2, -0.15) is 13.2 Å². The first-order valence-electron chi connectivity index (χ1n) is 6.63. The molecule has 1 aliphatic heterocycles. The molecule has 5 nitrogen and oxygen atoms in total. The Morgan fingerprint density at radius 1 is 1.29 bits per heavy atom. The molecule has 1 fully saturated rings. The van der Waals surface area contributed by atoms with Crippen LogP contribution < -0.4 is 0 Å². The quantitative estimate of drug-likeness (QED) is 0.789. The Morgan fingerprint density at radius 2 is 1.81 bits per heavy atom. The smallest absolute Gasteiger partial charge is 0.427 e. The number of esters is 1. The number of ether oxygens (including phenoxy) is 2. The molecule has 0 amide bonds. The number of carbonyl (C=O) groups excluding carboxylic acids is 1. The Balaban J connectivity index is 2.67. The molecule has 1 atom stereocenters. The zero-order chi connectivity index (χ0) is 16.3. The summed E-state index contributed by atoms with van der Waals surface area (Å²) in [6, 6.07) is 0. The molecular weight excluding hydrogens is 293 g/mol. The molecule has 0 aromatic heterocycles. The van der Waals surface area contributed by atoms with Crippen LogP contribution in [0.2, 0.25) is 0 Å². The molecule has 0 spiro atoms. The lowest BCUT2D eigenvalue weighted by Crippen LogP contribution is -2.44. The Labute approximate surface area is 120 Å². The number of rotatable bonds is 5. The summed E-state index contributed by atoms with van der Waals surface area (Å²) in [5.74, 6) is -3.71. The van der Waals surface area contributed by atoms with E-state index < -0.39 is 36.1 Å². The van der Waals surface area contributed by atoms with Crippen molar-refractivity contribution < 1.29 is 37.3 Å². The van der Waals surface area contributed by atoms with E-state index in [9.17, 15) is 22.8 Å². The Kier molecular flexibility index (Phi) is 5.61. The first kappa shape index (κ1) is 17.7. The van der Waals surface area contributed by atoms with Crippen molar-refractivity contribution in [2.45, 2.75) is 44.9 Å². The molecule has 1 N–H and O–H groups in total. The van der Waals surface area contributed by atoms with Crippen molar-refractivity contribution >= 4 is 11.9 Å². The second-order valence-electron chi connectivity index (χ2n) is 5.58. The van der Waals surface area contributed by atoms with Crippen LogP contribution in [-0.4, -0.2) is 42.0 Å². The van der Waals surface area contributed by atoms with Crippen molar-refractivity contribution in [2.24, 2.45) is 11.8 Å². The maximum Gasteiger partial charge on any atom is 0.427 e. The minimum absolute atomic E-state index is 0.294. The fourth-order valence-electron chi connectivity index (χ4n) is 2.14. The number of hydrogen-bond donors (Lipinski definition) is 1. The van der Waals surface area contributed by atoms with Crippen LogP contribution in [0.3, 0.4) is 0 Å². The van der Waals surface area contributed by atoms with E-state index in [0.29, 0.717) is 26.1 Å². The highest BCUT2D eigenvalue weighted by molar-refractivity contribution is 5.79. The zero-order valence-electron chi connectivity index (χ0n) is 11.9. The first-order valence-corrected chi connectivity index (χ1v) is 6.63. The third-order valence-electron chi connectivity index (χ3n) is 3.59. The summed E-state index contributed by atoms with van der Waals surface area (Å²) in [6.45, 7) is 2.24. The molecule has 0 unspecified atom stereocenters. The minimum Gasteiger partial charge on any atom is -0.481 e. The molecule has 1 aliphatic rings. The van der Waals surface area contributed by atoms with Crippen LogP contribution in [0.15, 0.2) is 0 Å². The zero-order valence-corrected chi connectivity index (χ0v) is 11.9.